The molecule has 8 heterocycles. The molecule has 7 aliphatic heterocycles. The molecule has 2 bridgehead atoms. The fourth-order valence-electron chi connectivity index (χ4n) is 17.9. The van der Waals surface area contributed by atoms with E-state index in [9.17, 15) is 30.0 Å². The first kappa shape index (κ1) is 57.0. The lowest BCUT2D eigenvalue weighted by Gasteiger charge is -2.63. The molecular formula is C65H77N5O15. The van der Waals surface area contributed by atoms with Crippen LogP contribution in [0.25, 0.3) is 10.9 Å². The SMILES string of the molecule is CC[C@]1(O)C[C@H]2CN(CCc3c([nH]c4ccccc34)[C@@](C(=O)OC)(c3cc4c(cc3OC)N(C)[C@H]3[C@@](O)(C(N)=O)[C@H](O)[C@]5(CC)C=CCN6CC[C@]43[C@@H]65)C2)C1.COc1cc([C@@H]2c3cc4c(cc3[C@H](O)C3COC(=O)[C@H]32)OCO4)cc(OC)c1OC. The number of esters is 2. The number of aliphatic hydroxyl groups is 4. The van der Waals surface area contributed by atoms with Crippen LogP contribution in [-0.4, -0.2) is 171 Å². The minimum absolute atomic E-state index is 0.0790. The predicted molar refractivity (Wildman–Crippen MR) is 311 cm³/mol. The Morgan fingerprint density at radius 1 is 0.835 bits per heavy atom. The van der Waals surface area contributed by atoms with Gasteiger partial charge in [0.15, 0.2) is 28.6 Å². The maximum absolute atomic E-state index is 15.2. The Bertz CT molecular complexity index is 3550. The van der Waals surface area contributed by atoms with Crippen LogP contribution in [0.15, 0.2) is 72.8 Å². The number of anilines is 1. The van der Waals surface area contributed by atoms with Gasteiger partial charge in [-0.05, 0) is 115 Å². The third-order valence-corrected chi connectivity index (χ3v) is 21.4. The van der Waals surface area contributed by atoms with Crippen molar-refractivity contribution in [3.8, 4) is 34.5 Å². The summed E-state index contributed by atoms with van der Waals surface area (Å²) in [5.74, 6) is -0.0117. The summed E-state index contributed by atoms with van der Waals surface area (Å²) in [6, 6.07) is 18.3. The average Bonchev–Trinajstić information content (AvgIpc) is 1.53. The minimum atomic E-state index is -2.30. The summed E-state index contributed by atoms with van der Waals surface area (Å²) in [7, 11) is 9.52. The molecule has 9 aliphatic rings. The zero-order valence-corrected chi connectivity index (χ0v) is 49.4. The van der Waals surface area contributed by atoms with Crippen LogP contribution in [-0.2, 0) is 41.1 Å². The zero-order chi connectivity index (χ0) is 59.9. The van der Waals surface area contributed by atoms with Crippen LogP contribution in [0.2, 0.25) is 0 Å². The number of cyclic esters (lactones) is 1. The van der Waals surface area contributed by atoms with Crippen LogP contribution in [0, 0.1) is 23.2 Å². The molecule has 20 nitrogen and oxygen atoms in total. The van der Waals surface area contributed by atoms with Gasteiger partial charge in [-0.3, -0.25) is 24.2 Å². The van der Waals surface area contributed by atoms with Crippen molar-refractivity contribution in [3.63, 3.8) is 0 Å². The van der Waals surface area contributed by atoms with Crippen LogP contribution >= 0.6 is 0 Å². The van der Waals surface area contributed by atoms with E-state index in [1.807, 2.05) is 80.4 Å². The second-order valence-electron chi connectivity index (χ2n) is 25.0. The highest BCUT2D eigenvalue weighted by atomic mass is 16.7. The second-order valence-corrected chi connectivity index (χ2v) is 25.0. The number of primary amides is 1. The highest BCUT2D eigenvalue weighted by Crippen LogP contribution is 2.68. The number of rotatable bonds is 10. The topological polar surface area (TPSA) is 257 Å². The molecule has 1 amide bonds. The van der Waals surface area contributed by atoms with Crippen molar-refractivity contribution >= 4 is 34.4 Å². The van der Waals surface area contributed by atoms with Gasteiger partial charge in [0.2, 0.25) is 12.5 Å². The number of methoxy groups -OCH3 is 5. The van der Waals surface area contributed by atoms with E-state index in [0.29, 0.717) is 104 Å². The Hall–Kier alpha value is -7.07. The van der Waals surface area contributed by atoms with E-state index < -0.39 is 63.5 Å². The van der Waals surface area contributed by atoms with Crippen molar-refractivity contribution in [1.29, 1.82) is 0 Å². The van der Waals surface area contributed by atoms with E-state index in [1.54, 1.807) is 27.4 Å². The number of amides is 1. The molecule has 20 heteroatoms. The van der Waals surface area contributed by atoms with Crippen LogP contribution in [0.1, 0.15) is 97.0 Å². The van der Waals surface area contributed by atoms with E-state index >= 15 is 4.79 Å². The molecule has 0 radical (unpaired) electrons. The van der Waals surface area contributed by atoms with Crippen LogP contribution in [0.3, 0.4) is 0 Å². The van der Waals surface area contributed by atoms with Crippen molar-refractivity contribution in [1.82, 2.24) is 14.8 Å². The quantitative estimate of drug-likeness (QED) is 0.0782. The Kier molecular flexibility index (Phi) is 13.8. The Morgan fingerprint density at radius 2 is 1.55 bits per heavy atom. The summed E-state index contributed by atoms with van der Waals surface area (Å²) in [4.78, 5) is 52.0. The van der Waals surface area contributed by atoms with Gasteiger partial charge in [0.1, 0.15) is 17.3 Å². The number of nitrogens with two attached hydrogens (primary N) is 1. The first-order valence-electron chi connectivity index (χ1n) is 29.7. The van der Waals surface area contributed by atoms with Gasteiger partial charge >= 0.3 is 11.9 Å². The lowest BCUT2D eigenvalue weighted by molar-refractivity contribution is -0.201. The number of aromatic amines is 1. The van der Waals surface area contributed by atoms with Gasteiger partial charge in [-0.15, -0.1) is 0 Å². The normalized spacial score (nSPS) is 34.4. The molecule has 2 aliphatic carbocycles. The fourth-order valence-corrected chi connectivity index (χ4v) is 17.9. The van der Waals surface area contributed by atoms with Crippen LogP contribution in [0.5, 0.6) is 34.5 Å². The number of nitrogens with one attached hydrogen (secondary N) is 1. The molecule has 14 rings (SSSR count). The van der Waals surface area contributed by atoms with Crippen molar-refractivity contribution in [2.75, 3.05) is 93.6 Å². The number of aliphatic hydroxyl groups excluding tert-OH is 2. The molecule has 7 N–H and O–H groups in total. The summed E-state index contributed by atoms with van der Waals surface area (Å²) in [6.07, 6.45) is 4.94. The molecule has 2 unspecified atom stereocenters. The molecule has 1 spiro atoms. The molecule has 5 aromatic rings. The Labute approximate surface area is 493 Å². The standard InChI is InChI=1S/C43H55N5O7.C22H22O8/c1-6-39(52)21-25-22-42(38(51)55-5,33-27(13-17-47(23-25)24-39)26-11-8-9-12-30(26)45-33)29-19-28-31(20-32(29)54-4)46(3)35-41(28)15-18-48-16-10-14-40(7-2,34(41)48)36(49)43(35,53)37(44)50;1-25-16-4-10(5-17(26-2)21(16)27-3)18-11-6-14-15(30-9-29-14)7-12(11)20(23)13-8-28-22(24)19(13)18/h8-12,14,19-20,25,34-36,45,49,52-53H,6-7,13,15-18,21-24H2,1-5H3,(H2,44,50);4-7,13,18-20,23H,8-9H2,1-3H3/t25-,34+,35-,36-,39+,40-,41-,42+,43+;13?,18-,19-,20+/m11/s1. The van der Waals surface area contributed by atoms with E-state index in [4.69, 9.17) is 43.6 Å². The van der Waals surface area contributed by atoms with E-state index in [-0.39, 0.29) is 43.2 Å². The maximum Gasteiger partial charge on any atom is 0.322 e. The van der Waals surface area contributed by atoms with Gasteiger partial charge < -0.3 is 73.9 Å². The van der Waals surface area contributed by atoms with Crippen molar-refractivity contribution < 1.29 is 72.7 Å². The number of H-pyrrole nitrogens is 1. The lowest BCUT2D eigenvalue weighted by atomic mass is 9.47. The van der Waals surface area contributed by atoms with Gasteiger partial charge in [0.25, 0.3) is 5.91 Å². The smallest absolute Gasteiger partial charge is 0.322 e. The van der Waals surface area contributed by atoms with Crippen molar-refractivity contribution in [2.24, 2.45) is 28.9 Å². The van der Waals surface area contributed by atoms with E-state index in [2.05, 4.69) is 26.9 Å². The Morgan fingerprint density at radius 3 is 2.22 bits per heavy atom. The molecule has 4 aromatic carbocycles. The molecular weight excluding hydrogens is 1090 g/mol. The van der Waals surface area contributed by atoms with Crippen LogP contribution < -0.4 is 39.1 Å². The number of nitrogens with zero attached hydrogens (tertiary/aromatic N) is 3. The number of carbonyl (C=O) groups is 3. The molecule has 1 saturated carbocycles. The number of likely N-dealkylation sites (N-methyl/N-ethyl adjacent to an activating group) is 1. The third-order valence-electron chi connectivity index (χ3n) is 21.4. The number of carbonyl (C=O) groups excluding carboxylic acids is 3. The number of para-hydroxylation sites is 1. The first-order valence-corrected chi connectivity index (χ1v) is 29.7. The lowest BCUT2D eigenvalue weighted by Crippen LogP contribution is -2.81. The van der Waals surface area contributed by atoms with E-state index in [0.717, 1.165) is 57.6 Å². The van der Waals surface area contributed by atoms with Gasteiger partial charge in [-0.1, -0.05) is 44.2 Å². The summed E-state index contributed by atoms with van der Waals surface area (Å²) in [5, 5.41) is 49.0. The van der Waals surface area contributed by atoms with Crippen molar-refractivity contribution in [2.45, 2.75) is 105 Å². The van der Waals surface area contributed by atoms with E-state index in [1.165, 1.54) is 14.2 Å². The predicted octanol–water partition coefficient (Wildman–Crippen LogP) is 5.14. The number of piperidine rings is 1. The van der Waals surface area contributed by atoms with Gasteiger partial charge in [-0.25, -0.2) is 0 Å². The summed E-state index contributed by atoms with van der Waals surface area (Å²) >= 11 is 0. The monoisotopic (exact) mass is 1170 g/mol. The average molecular weight is 1170 g/mol. The minimum Gasteiger partial charge on any atom is -0.496 e. The van der Waals surface area contributed by atoms with Gasteiger partial charge in [0, 0.05) is 95.8 Å². The third kappa shape index (κ3) is 7.89. The number of fused-ring (bicyclic) bond motifs is 9. The number of hydrogen-bond acceptors (Lipinski definition) is 18. The number of aromatic nitrogens is 1. The Balaban J connectivity index is 0.000000188. The zero-order valence-electron chi connectivity index (χ0n) is 49.4. The maximum atomic E-state index is 15.2. The highest BCUT2D eigenvalue weighted by molar-refractivity contribution is 5.95. The van der Waals surface area contributed by atoms with Gasteiger partial charge in [-0.2, -0.15) is 0 Å². The summed E-state index contributed by atoms with van der Waals surface area (Å²) in [6.45, 7) is 7.68. The molecule has 3 saturated heterocycles. The highest BCUT2D eigenvalue weighted by Gasteiger charge is 2.78. The van der Waals surface area contributed by atoms with Crippen molar-refractivity contribution in [3.05, 3.63) is 112 Å². The second kappa shape index (κ2) is 20.5. The molecule has 4 fully saturated rings. The summed E-state index contributed by atoms with van der Waals surface area (Å²) in [5.41, 5.74) is 7.02. The first-order chi connectivity index (χ1) is 40.9. The fraction of sp³-hybridized carbons (Fsp3) is 0.523. The van der Waals surface area contributed by atoms with Crippen LogP contribution in [0.4, 0.5) is 5.69 Å². The number of benzene rings is 4. The molecule has 14 atom stereocenters. The number of ether oxygens (including phenoxy) is 8. The van der Waals surface area contributed by atoms with Gasteiger partial charge in [0.05, 0.1) is 65.8 Å². The molecule has 85 heavy (non-hydrogen) atoms. The molecule has 452 valence electrons. The summed E-state index contributed by atoms with van der Waals surface area (Å²) < 4.78 is 45.1. The number of hydrogen-bond donors (Lipinski definition) is 6. The largest absolute Gasteiger partial charge is 0.496 e. The molecule has 1 aromatic heterocycles.